The lowest BCUT2D eigenvalue weighted by molar-refractivity contribution is -0.130. The Kier molecular flexibility index (Phi) is 5.89. The first-order chi connectivity index (χ1) is 8.63. The molecule has 4 nitrogen and oxygen atoms in total. The van der Waals surface area contributed by atoms with Gasteiger partial charge in [-0.3, -0.25) is 9.69 Å². The number of rotatable bonds is 6. The summed E-state index contributed by atoms with van der Waals surface area (Å²) in [5, 5.41) is 8.48. The molecule has 0 saturated carbocycles. The number of likely N-dealkylation sites (N-methyl/N-ethyl adjacent to an activating group) is 2. The van der Waals surface area contributed by atoms with Gasteiger partial charge in [-0.2, -0.15) is 5.26 Å². The second-order valence-corrected chi connectivity index (χ2v) is 4.38. The van der Waals surface area contributed by atoms with Crippen molar-refractivity contribution in [1.29, 1.82) is 5.26 Å². The minimum atomic E-state index is 0.0451. The van der Waals surface area contributed by atoms with Gasteiger partial charge < -0.3 is 4.90 Å². The zero-order valence-corrected chi connectivity index (χ0v) is 11.0. The number of benzene rings is 1. The van der Waals surface area contributed by atoms with Crippen LogP contribution in [0.4, 0.5) is 0 Å². The van der Waals surface area contributed by atoms with E-state index in [2.05, 4.69) is 0 Å². The van der Waals surface area contributed by atoms with E-state index < -0.39 is 0 Å². The van der Waals surface area contributed by atoms with E-state index in [1.54, 1.807) is 11.9 Å². The molecule has 0 bridgehead atoms. The highest BCUT2D eigenvalue weighted by atomic mass is 16.2. The van der Waals surface area contributed by atoms with Gasteiger partial charge in [0.1, 0.15) is 0 Å². The molecule has 4 heteroatoms. The van der Waals surface area contributed by atoms with E-state index in [1.165, 1.54) is 5.56 Å². The molecule has 0 fully saturated rings. The minimum absolute atomic E-state index is 0.0451. The standard InChI is InChI=1S/C14H19N3O/c1-16(11-13-7-4-3-5-8-13)12-14(18)17(2)10-6-9-15/h3-5,7-8H,6,10-12H2,1-2H3. The molecule has 0 atom stereocenters. The summed E-state index contributed by atoms with van der Waals surface area (Å²) in [5.41, 5.74) is 1.19. The highest BCUT2D eigenvalue weighted by Crippen LogP contribution is 2.02. The molecule has 1 aromatic rings. The molecule has 0 unspecified atom stereocenters. The number of hydrogen-bond acceptors (Lipinski definition) is 3. The van der Waals surface area contributed by atoms with Gasteiger partial charge in [-0.25, -0.2) is 0 Å². The predicted octanol–water partition coefficient (Wildman–Crippen LogP) is 1.49. The van der Waals surface area contributed by atoms with E-state index in [0.717, 1.165) is 6.54 Å². The quantitative estimate of drug-likeness (QED) is 0.763. The van der Waals surface area contributed by atoms with Gasteiger partial charge in [-0.15, -0.1) is 0 Å². The van der Waals surface area contributed by atoms with Crippen LogP contribution in [0, 0.1) is 11.3 Å². The van der Waals surface area contributed by atoms with Crippen LogP contribution < -0.4 is 0 Å². The van der Waals surface area contributed by atoms with Gasteiger partial charge in [0, 0.05) is 20.1 Å². The van der Waals surface area contributed by atoms with Crippen LogP contribution in [0.3, 0.4) is 0 Å². The fourth-order valence-corrected chi connectivity index (χ4v) is 1.65. The summed E-state index contributed by atoms with van der Waals surface area (Å²) < 4.78 is 0. The molecule has 0 saturated heterocycles. The third kappa shape index (κ3) is 4.98. The average molecular weight is 245 g/mol. The normalized spacial score (nSPS) is 10.1. The first kappa shape index (κ1) is 14.2. The van der Waals surface area contributed by atoms with E-state index in [9.17, 15) is 4.79 Å². The summed E-state index contributed by atoms with van der Waals surface area (Å²) in [6.07, 6.45) is 0.380. The molecule has 1 amide bonds. The van der Waals surface area contributed by atoms with Gasteiger partial charge in [-0.1, -0.05) is 30.3 Å². The second-order valence-electron chi connectivity index (χ2n) is 4.38. The van der Waals surface area contributed by atoms with Crippen molar-refractivity contribution in [2.45, 2.75) is 13.0 Å². The zero-order chi connectivity index (χ0) is 13.4. The number of carbonyl (C=O) groups is 1. The average Bonchev–Trinajstić information content (AvgIpc) is 2.36. The van der Waals surface area contributed by atoms with E-state index in [-0.39, 0.29) is 5.91 Å². The summed E-state index contributed by atoms with van der Waals surface area (Å²) in [6.45, 7) is 1.62. The molecule has 0 aliphatic heterocycles. The Labute approximate surface area is 108 Å². The van der Waals surface area contributed by atoms with Crippen molar-refractivity contribution in [3.8, 4) is 6.07 Å². The molecule has 0 N–H and O–H groups in total. The van der Waals surface area contributed by atoms with Gasteiger partial charge in [0.15, 0.2) is 0 Å². The maximum absolute atomic E-state index is 11.8. The zero-order valence-electron chi connectivity index (χ0n) is 11.0. The van der Waals surface area contributed by atoms with Gasteiger partial charge in [0.25, 0.3) is 0 Å². The molecule has 0 aliphatic rings. The highest BCUT2D eigenvalue weighted by Gasteiger charge is 2.11. The maximum Gasteiger partial charge on any atom is 0.236 e. The van der Waals surface area contributed by atoms with E-state index in [4.69, 9.17) is 5.26 Å². The number of hydrogen-bond donors (Lipinski definition) is 0. The Morgan fingerprint density at radius 3 is 2.56 bits per heavy atom. The van der Waals surface area contributed by atoms with E-state index >= 15 is 0 Å². The molecule has 0 aliphatic carbocycles. The number of nitriles is 1. The predicted molar refractivity (Wildman–Crippen MR) is 70.6 cm³/mol. The Hall–Kier alpha value is -1.86. The number of nitrogens with zero attached hydrogens (tertiary/aromatic N) is 3. The highest BCUT2D eigenvalue weighted by molar-refractivity contribution is 5.77. The lowest BCUT2D eigenvalue weighted by Crippen LogP contribution is -2.36. The van der Waals surface area contributed by atoms with Crippen molar-refractivity contribution in [2.75, 3.05) is 27.2 Å². The van der Waals surface area contributed by atoms with Crippen LogP contribution in [0.1, 0.15) is 12.0 Å². The van der Waals surface area contributed by atoms with Crippen LogP contribution >= 0.6 is 0 Å². The molecule has 0 aromatic heterocycles. The minimum Gasteiger partial charge on any atom is -0.344 e. The van der Waals surface area contributed by atoms with Crippen LogP contribution in [0.15, 0.2) is 30.3 Å². The van der Waals surface area contributed by atoms with E-state index in [0.29, 0.717) is 19.5 Å². The smallest absolute Gasteiger partial charge is 0.236 e. The number of amides is 1. The van der Waals surface area contributed by atoms with Crippen molar-refractivity contribution in [2.24, 2.45) is 0 Å². The third-order valence-corrected chi connectivity index (χ3v) is 2.69. The Morgan fingerprint density at radius 1 is 1.28 bits per heavy atom. The van der Waals surface area contributed by atoms with Crippen molar-refractivity contribution < 1.29 is 4.79 Å². The first-order valence-electron chi connectivity index (χ1n) is 5.97. The summed E-state index contributed by atoms with van der Waals surface area (Å²) in [6, 6.07) is 12.1. The fourth-order valence-electron chi connectivity index (χ4n) is 1.65. The third-order valence-electron chi connectivity index (χ3n) is 2.69. The molecule has 0 spiro atoms. The molecular weight excluding hydrogens is 226 g/mol. The lowest BCUT2D eigenvalue weighted by atomic mass is 10.2. The second kappa shape index (κ2) is 7.46. The topological polar surface area (TPSA) is 47.3 Å². The summed E-state index contributed by atoms with van der Waals surface area (Å²) in [5.74, 6) is 0.0451. The van der Waals surface area contributed by atoms with Gasteiger partial charge in [-0.05, 0) is 12.6 Å². The van der Waals surface area contributed by atoms with Crippen molar-refractivity contribution in [1.82, 2.24) is 9.80 Å². The van der Waals surface area contributed by atoms with Crippen molar-refractivity contribution in [3.05, 3.63) is 35.9 Å². The van der Waals surface area contributed by atoms with E-state index in [1.807, 2.05) is 48.3 Å². The van der Waals surface area contributed by atoms with Crippen LogP contribution in [-0.2, 0) is 11.3 Å². The Balaban J connectivity index is 2.38. The monoisotopic (exact) mass is 245 g/mol. The maximum atomic E-state index is 11.8. The molecule has 0 heterocycles. The van der Waals surface area contributed by atoms with Crippen molar-refractivity contribution >= 4 is 5.91 Å². The lowest BCUT2D eigenvalue weighted by Gasteiger charge is -2.21. The first-order valence-corrected chi connectivity index (χ1v) is 5.97. The molecule has 18 heavy (non-hydrogen) atoms. The van der Waals surface area contributed by atoms with Gasteiger partial charge >= 0.3 is 0 Å². The number of carbonyl (C=O) groups excluding carboxylic acids is 1. The molecule has 1 rings (SSSR count). The summed E-state index contributed by atoms with van der Waals surface area (Å²) in [7, 11) is 3.65. The van der Waals surface area contributed by atoms with Gasteiger partial charge in [0.05, 0.1) is 19.0 Å². The Bertz CT molecular complexity index is 411. The largest absolute Gasteiger partial charge is 0.344 e. The van der Waals surface area contributed by atoms with Gasteiger partial charge in [0.2, 0.25) is 5.91 Å². The Morgan fingerprint density at radius 2 is 1.94 bits per heavy atom. The molecular formula is C14H19N3O. The fraction of sp³-hybridized carbons (Fsp3) is 0.429. The summed E-state index contributed by atoms with van der Waals surface area (Å²) >= 11 is 0. The molecule has 1 aromatic carbocycles. The SMILES string of the molecule is CN(CC(=O)N(C)CCC#N)Cc1ccccc1. The van der Waals surface area contributed by atoms with Crippen LogP contribution in [0.25, 0.3) is 0 Å². The molecule has 96 valence electrons. The molecule has 0 radical (unpaired) electrons. The van der Waals surface area contributed by atoms with Crippen molar-refractivity contribution in [3.63, 3.8) is 0 Å². The summed E-state index contributed by atoms with van der Waals surface area (Å²) in [4.78, 5) is 15.4. The van der Waals surface area contributed by atoms with Crippen LogP contribution in [-0.4, -0.2) is 42.9 Å². The van der Waals surface area contributed by atoms with Crippen LogP contribution in [0.2, 0.25) is 0 Å². The van der Waals surface area contributed by atoms with Crippen LogP contribution in [0.5, 0.6) is 0 Å².